The minimum atomic E-state index is 0.636. The zero-order chi connectivity index (χ0) is 16.6. The number of thiazole rings is 2. The summed E-state index contributed by atoms with van der Waals surface area (Å²) in [7, 11) is 0. The van der Waals surface area contributed by atoms with Crippen molar-refractivity contribution >= 4 is 43.1 Å². The summed E-state index contributed by atoms with van der Waals surface area (Å²) in [5.74, 6) is 0.636. The summed E-state index contributed by atoms with van der Waals surface area (Å²) in [5, 5.41) is 2.61. The number of para-hydroxylation sites is 2. The first-order valence-corrected chi connectivity index (χ1v) is 10.5. The number of hydrogen-bond acceptors (Lipinski definition) is 4. The summed E-state index contributed by atoms with van der Waals surface area (Å²) in [6.07, 6.45) is 2.47. The van der Waals surface area contributed by atoms with Crippen LogP contribution in [0.25, 0.3) is 20.4 Å². The standard InChI is InChI=1S/C20H19N3S2/c1-3-7-17-15(5-1)21-19(24-17)13-23-11-9-14(10-12-23)20-22-16-6-2-4-8-18(16)25-20/h1-8,14H,9-13H2/p+1. The number of aromatic nitrogens is 2. The smallest absolute Gasteiger partial charge is 0.148 e. The van der Waals surface area contributed by atoms with Gasteiger partial charge in [-0.2, -0.15) is 0 Å². The Labute approximate surface area is 155 Å². The lowest BCUT2D eigenvalue weighted by molar-refractivity contribution is -0.919. The molecule has 126 valence electrons. The number of quaternary nitrogens is 1. The van der Waals surface area contributed by atoms with Crippen LogP contribution in [0.3, 0.4) is 0 Å². The summed E-state index contributed by atoms with van der Waals surface area (Å²) < 4.78 is 2.63. The molecule has 0 aliphatic carbocycles. The number of nitrogens with zero attached hydrogens (tertiary/aromatic N) is 2. The van der Waals surface area contributed by atoms with Crippen molar-refractivity contribution in [1.29, 1.82) is 0 Å². The highest BCUT2D eigenvalue weighted by Crippen LogP contribution is 2.31. The van der Waals surface area contributed by atoms with E-state index in [1.54, 1.807) is 4.90 Å². The van der Waals surface area contributed by atoms with E-state index in [0.29, 0.717) is 5.92 Å². The maximum atomic E-state index is 4.87. The van der Waals surface area contributed by atoms with Crippen LogP contribution in [0.2, 0.25) is 0 Å². The molecule has 0 amide bonds. The van der Waals surface area contributed by atoms with Crippen LogP contribution in [0, 0.1) is 0 Å². The van der Waals surface area contributed by atoms with E-state index in [9.17, 15) is 0 Å². The van der Waals surface area contributed by atoms with Crippen molar-refractivity contribution in [3.63, 3.8) is 0 Å². The van der Waals surface area contributed by atoms with Gasteiger partial charge in [-0.15, -0.1) is 22.7 Å². The molecule has 1 aliphatic heterocycles. The second-order valence-electron chi connectivity index (χ2n) is 6.80. The fourth-order valence-electron chi connectivity index (χ4n) is 3.72. The summed E-state index contributed by atoms with van der Waals surface area (Å²) >= 11 is 3.73. The van der Waals surface area contributed by atoms with Gasteiger partial charge in [-0.25, -0.2) is 9.97 Å². The molecule has 4 aromatic rings. The molecule has 2 aromatic carbocycles. The molecular formula is C20H20N3S2+. The number of benzene rings is 2. The van der Waals surface area contributed by atoms with Crippen LogP contribution in [0.5, 0.6) is 0 Å². The minimum Gasteiger partial charge on any atom is -0.329 e. The third kappa shape index (κ3) is 3.08. The van der Waals surface area contributed by atoms with E-state index >= 15 is 0 Å². The molecular weight excluding hydrogens is 346 g/mol. The molecule has 25 heavy (non-hydrogen) atoms. The predicted molar refractivity (Wildman–Crippen MR) is 106 cm³/mol. The van der Waals surface area contributed by atoms with Crippen LogP contribution in [-0.4, -0.2) is 23.1 Å². The Bertz CT molecular complexity index is 946. The van der Waals surface area contributed by atoms with Crippen LogP contribution in [0.1, 0.15) is 28.8 Å². The fraction of sp³-hybridized carbons (Fsp3) is 0.300. The van der Waals surface area contributed by atoms with Crippen LogP contribution in [0.15, 0.2) is 48.5 Å². The third-order valence-corrected chi connectivity index (χ3v) is 7.33. The monoisotopic (exact) mass is 366 g/mol. The quantitative estimate of drug-likeness (QED) is 0.597. The number of piperidine rings is 1. The molecule has 0 unspecified atom stereocenters. The Balaban J connectivity index is 1.26. The Hall–Kier alpha value is -1.82. The van der Waals surface area contributed by atoms with Gasteiger partial charge in [0.1, 0.15) is 11.6 Å². The Morgan fingerprint density at radius 2 is 1.48 bits per heavy atom. The maximum Gasteiger partial charge on any atom is 0.148 e. The summed E-state index contributed by atoms with van der Waals surface area (Å²) in [6.45, 7) is 3.50. The van der Waals surface area contributed by atoms with Gasteiger partial charge in [-0.1, -0.05) is 24.3 Å². The van der Waals surface area contributed by atoms with Gasteiger partial charge >= 0.3 is 0 Å². The van der Waals surface area contributed by atoms with Gasteiger partial charge in [0.05, 0.1) is 38.5 Å². The van der Waals surface area contributed by atoms with Crippen LogP contribution < -0.4 is 4.90 Å². The summed E-state index contributed by atoms with van der Waals surface area (Å²) in [5.41, 5.74) is 2.30. The molecule has 3 nitrogen and oxygen atoms in total. The number of fused-ring (bicyclic) bond motifs is 2. The molecule has 1 saturated heterocycles. The van der Waals surface area contributed by atoms with Crippen molar-refractivity contribution in [2.45, 2.75) is 25.3 Å². The number of likely N-dealkylation sites (tertiary alicyclic amines) is 1. The average molecular weight is 367 g/mol. The highest BCUT2D eigenvalue weighted by atomic mass is 32.1. The maximum absolute atomic E-state index is 4.87. The molecule has 2 aromatic heterocycles. The normalized spacial score (nSPS) is 21.1. The van der Waals surface area contributed by atoms with Crippen LogP contribution >= 0.6 is 22.7 Å². The minimum absolute atomic E-state index is 0.636. The highest BCUT2D eigenvalue weighted by Gasteiger charge is 2.26. The van der Waals surface area contributed by atoms with E-state index < -0.39 is 0 Å². The molecule has 0 spiro atoms. The molecule has 1 aliphatic rings. The molecule has 5 heteroatoms. The Morgan fingerprint density at radius 1 is 0.840 bits per heavy atom. The largest absolute Gasteiger partial charge is 0.329 e. The van der Waals surface area contributed by atoms with Crippen LogP contribution in [0.4, 0.5) is 0 Å². The van der Waals surface area contributed by atoms with Gasteiger partial charge < -0.3 is 4.90 Å². The van der Waals surface area contributed by atoms with E-state index in [4.69, 9.17) is 9.97 Å². The van der Waals surface area contributed by atoms with Gasteiger partial charge in [0, 0.05) is 18.8 Å². The lowest BCUT2D eigenvalue weighted by atomic mass is 9.97. The van der Waals surface area contributed by atoms with Gasteiger partial charge in [0.25, 0.3) is 0 Å². The molecule has 0 bridgehead atoms. The number of nitrogens with one attached hydrogen (secondary N) is 1. The Kier molecular flexibility index (Phi) is 4.00. The topological polar surface area (TPSA) is 30.2 Å². The zero-order valence-corrected chi connectivity index (χ0v) is 15.6. The number of hydrogen-bond donors (Lipinski definition) is 1. The van der Waals surface area contributed by atoms with Crippen LogP contribution in [-0.2, 0) is 6.54 Å². The molecule has 1 N–H and O–H groups in total. The zero-order valence-electron chi connectivity index (χ0n) is 13.9. The third-order valence-electron chi connectivity index (χ3n) is 5.09. The molecule has 0 radical (unpaired) electrons. The number of rotatable bonds is 3. The first-order valence-electron chi connectivity index (χ1n) is 8.89. The SMILES string of the molecule is c1ccc2sc(C[NH+]3CCC(c4nc5ccccc5s4)CC3)nc2c1. The van der Waals surface area contributed by atoms with E-state index in [2.05, 4.69) is 48.5 Å². The second kappa shape index (κ2) is 6.48. The molecule has 3 heterocycles. The lowest BCUT2D eigenvalue weighted by Crippen LogP contribution is -3.11. The lowest BCUT2D eigenvalue weighted by Gasteiger charge is -2.27. The summed E-state index contributed by atoms with van der Waals surface area (Å²) in [6, 6.07) is 17.0. The van der Waals surface area contributed by atoms with Gasteiger partial charge in [-0.05, 0) is 24.3 Å². The summed E-state index contributed by atoms with van der Waals surface area (Å²) in [4.78, 5) is 11.3. The molecule has 0 saturated carbocycles. The average Bonchev–Trinajstić information content (AvgIpc) is 3.25. The van der Waals surface area contributed by atoms with E-state index in [1.807, 2.05) is 22.7 Å². The molecule has 5 rings (SSSR count). The van der Waals surface area contributed by atoms with Gasteiger partial charge in [-0.3, -0.25) is 0 Å². The van der Waals surface area contributed by atoms with Crippen molar-refractivity contribution in [3.8, 4) is 0 Å². The van der Waals surface area contributed by atoms with Crippen molar-refractivity contribution in [2.24, 2.45) is 0 Å². The first-order chi connectivity index (χ1) is 12.3. The van der Waals surface area contributed by atoms with E-state index in [1.165, 1.54) is 45.3 Å². The first kappa shape index (κ1) is 15.4. The van der Waals surface area contributed by atoms with Crippen molar-refractivity contribution in [2.75, 3.05) is 13.1 Å². The molecule has 0 atom stereocenters. The predicted octanol–water partition coefficient (Wildman–Crippen LogP) is 3.87. The van der Waals surface area contributed by atoms with Gasteiger partial charge in [0.2, 0.25) is 0 Å². The highest BCUT2D eigenvalue weighted by molar-refractivity contribution is 7.18. The second-order valence-corrected chi connectivity index (χ2v) is 8.97. The van der Waals surface area contributed by atoms with Crippen molar-refractivity contribution in [3.05, 3.63) is 58.5 Å². The van der Waals surface area contributed by atoms with Crippen molar-refractivity contribution < 1.29 is 4.90 Å². The fourth-order valence-corrected chi connectivity index (χ4v) is 5.90. The van der Waals surface area contributed by atoms with Crippen molar-refractivity contribution in [1.82, 2.24) is 9.97 Å². The molecule has 1 fully saturated rings. The van der Waals surface area contributed by atoms with E-state index in [0.717, 1.165) is 17.6 Å². The van der Waals surface area contributed by atoms with Gasteiger partial charge in [0.15, 0.2) is 0 Å². The Morgan fingerprint density at radius 3 is 2.16 bits per heavy atom. The van der Waals surface area contributed by atoms with E-state index in [-0.39, 0.29) is 0 Å².